The Labute approximate surface area is 359 Å². The Kier molecular flexibility index (Phi) is 14.5. The minimum Gasteiger partial charge on any atom is -0.458 e. The van der Waals surface area contributed by atoms with Crippen molar-refractivity contribution in [1.29, 1.82) is 0 Å². The van der Waals surface area contributed by atoms with E-state index >= 15 is 0 Å². The average Bonchev–Trinajstić information content (AvgIpc) is 3.72. The number of anilines is 1. The first-order valence-corrected chi connectivity index (χ1v) is 22.2. The molecule has 3 fully saturated rings. The van der Waals surface area contributed by atoms with Crippen LogP contribution in [0.3, 0.4) is 0 Å². The van der Waals surface area contributed by atoms with Gasteiger partial charge in [-0.1, -0.05) is 57.7 Å². The van der Waals surface area contributed by atoms with Gasteiger partial charge in [0.25, 0.3) is 0 Å². The van der Waals surface area contributed by atoms with Crippen molar-refractivity contribution in [2.75, 3.05) is 39.1 Å². The fourth-order valence-electron chi connectivity index (χ4n) is 9.86. The van der Waals surface area contributed by atoms with Gasteiger partial charge in [-0.05, 0) is 91.2 Å². The summed E-state index contributed by atoms with van der Waals surface area (Å²) in [5.74, 6) is 2.69. The summed E-state index contributed by atoms with van der Waals surface area (Å²) in [5, 5.41) is 15.1. The molecule has 0 saturated carbocycles. The van der Waals surface area contributed by atoms with Crippen LogP contribution < -0.4 is 5.32 Å². The van der Waals surface area contributed by atoms with Crippen molar-refractivity contribution >= 4 is 40.6 Å². The number of nitrogens with one attached hydrogen (secondary N) is 1. The van der Waals surface area contributed by atoms with Gasteiger partial charge in [0.15, 0.2) is 17.7 Å². The molecule has 1 amide bonds. The molecule has 2 bridgehead atoms. The van der Waals surface area contributed by atoms with Crippen molar-refractivity contribution in [3.05, 3.63) is 52.2 Å². The van der Waals surface area contributed by atoms with Gasteiger partial charge in [0.05, 0.1) is 35.3 Å². The van der Waals surface area contributed by atoms with Crippen LogP contribution in [0.1, 0.15) is 84.4 Å². The number of nitrogens with zero attached hydrogens (tertiary/aromatic N) is 3. The Balaban J connectivity index is 1.37. The number of ketones is 1. The number of aliphatic hydroxyl groups is 1. The second kappa shape index (κ2) is 19.1. The van der Waals surface area contributed by atoms with Crippen LogP contribution in [-0.2, 0) is 39.8 Å². The standard InChI is InChI=1S/C46H64N4O9S/c1-11-36-46(8)40-29(4)37(47-21-22-50(40)44(54)59-46)27(2)25-45(7,55-23-15-18-33-19-20-34(60-33)26-48-32-16-13-12-14-17-32)41(30(5)38(51)31(6)42(53)57-36)58-43-39(52)35(49(9)10)24-28(3)56-43/h12-14,16-17,19-20,27-31,35-36,39-41,43,48,52H,11,21-26H2,1-10H3/t27-,28-,29-,30+,31-,35+,36+,39-,40-,41-,43+,45+,46-/m1/s1. The van der Waals surface area contributed by atoms with E-state index in [0.29, 0.717) is 38.9 Å². The molecule has 6 rings (SSSR count). The third kappa shape index (κ3) is 9.62. The van der Waals surface area contributed by atoms with Gasteiger partial charge in [-0.15, -0.1) is 11.3 Å². The highest BCUT2D eigenvalue weighted by atomic mass is 32.1. The number of carbonyl (C=O) groups excluding carboxylic acids is 3. The van der Waals surface area contributed by atoms with Gasteiger partial charge < -0.3 is 39.0 Å². The molecular weight excluding hydrogens is 785 g/mol. The zero-order valence-corrected chi connectivity index (χ0v) is 37.6. The maximum absolute atomic E-state index is 14.6. The number of ether oxygens (including phenoxy) is 5. The molecular formula is C46H64N4O9S. The molecule has 0 unspecified atom stereocenters. The van der Waals surface area contributed by atoms with Gasteiger partial charge in [0.1, 0.15) is 24.7 Å². The van der Waals surface area contributed by atoms with Crippen molar-refractivity contribution in [2.45, 2.75) is 135 Å². The minimum atomic E-state index is -1.24. The van der Waals surface area contributed by atoms with Crippen LogP contribution in [0.5, 0.6) is 0 Å². The van der Waals surface area contributed by atoms with Crippen LogP contribution in [-0.4, -0.2) is 126 Å². The first-order valence-electron chi connectivity index (χ1n) is 21.4. The maximum atomic E-state index is 14.6. The normalized spacial score (nSPS) is 36.3. The Bertz CT molecular complexity index is 1930. The van der Waals surface area contributed by atoms with E-state index in [2.05, 4.69) is 30.1 Å². The number of rotatable bonds is 9. The highest BCUT2D eigenvalue weighted by Gasteiger charge is 2.60. The fourth-order valence-corrected chi connectivity index (χ4v) is 10.7. The number of hydrogen-bond acceptors (Lipinski definition) is 13. The van der Waals surface area contributed by atoms with E-state index in [1.165, 1.54) is 6.92 Å². The SMILES string of the molecule is CC[C@@H]1OC(=O)[C@H](C)C(=O)[C@H](C)[C@@H](O[C@@H]2O[C@H](C)C[C@H](N(C)C)[C@H]2O)[C@@](C)(OCC#Cc2ccc(CNc3ccccc3)s2)C[C@@H](C)C2=NCCN3C(=O)O[C@@]1(C)[C@H]3[C@@H]2C. The number of fused-ring (bicyclic) bond motifs is 1. The van der Waals surface area contributed by atoms with Gasteiger partial charge in [0, 0.05) is 47.2 Å². The van der Waals surface area contributed by atoms with E-state index in [-0.39, 0.29) is 30.6 Å². The second-order valence-corrected chi connectivity index (χ2v) is 18.8. The van der Waals surface area contributed by atoms with E-state index < -0.39 is 71.5 Å². The van der Waals surface area contributed by atoms with Crippen LogP contribution >= 0.6 is 11.3 Å². The summed E-state index contributed by atoms with van der Waals surface area (Å²) in [7, 11) is 3.81. The number of Topliss-reactive ketones (excluding diaryl/α,β-unsaturated/α-hetero) is 1. The smallest absolute Gasteiger partial charge is 0.410 e. The largest absolute Gasteiger partial charge is 0.458 e. The van der Waals surface area contributed by atoms with E-state index in [9.17, 15) is 19.5 Å². The van der Waals surface area contributed by atoms with Crippen molar-refractivity contribution < 1.29 is 43.2 Å². The lowest BCUT2D eigenvalue weighted by Crippen LogP contribution is -2.60. The summed E-state index contributed by atoms with van der Waals surface area (Å²) in [6, 6.07) is 13.3. The molecule has 5 heterocycles. The number of hydrogen-bond donors (Lipinski definition) is 2. The highest BCUT2D eigenvalue weighted by molar-refractivity contribution is 7.12. The first kappa shape index (κ1) is 45.7. The first-order chi connectivity index (χ1) is 28.5. The van der Waals surface area contributed by atoms with Gasteiger partial charge in [-0.2, -0.15) is 0 Å². The zero-order chi connectivity index (χ0) is 43.5. The molecule has 4 aliphatic rings. The van der Waals surface area contributed by atoms with Gasteiger partial charge in [-0.25, -0.2) is 4.79 Å². The summed E-state index contributed by atoms with van der Waals surface area (Å²) in [4.78, 5) is 52.9. The molecule has 2 N–H and O–H groups in total. The van der Waals surface area contributed by atoms with Crippen molar-refractivity contribution in [1.82, 2.24) is 9.80 Å². The summed E-state index contributed by atoms with van der Waals surface area (Å²) >= 11 is 1.60. The lowest BCUT2D eigenvalue weighted by molar-refractivity contribution is -0.296. The number of amides is 1. The summed E-state index contributed by atoms with van der Waals surface area (Å²) in [6.07, 6.45) is -3.42. The number of carbonyl (C=O) groups is 3. The molecule has 0 aliphatic carbocycles. The monoisotopic (exact) mass is 848 g/mol. The molecule has 13 nitrogen and oxygen atoms in total. The quantitative estimate of drug-likeness (QED) is 0.170. The minimum absolute atomic E-state index is 0.00108. The van der Waals surface area contributed by atoms with Crippen molar-refractivity contribution in [2.24, 2.45) is 28.7 Å². The molecule has 14 heteroatoms. The molecule has 0 radical (unpaired) electrons. The fraction of sp³-hybridized carbons (Fsp3) is 0.652. The Hall–Kier alpha value is -3.84. The molecule has 4 aliphatic heterocycles. The Morgan fingerprint density at radius 1 is 1.05 bits per heavy atom. The van der Waals surface area contributed by atoms with E-state index in [0.717, 1.165) is 21.2 Å². The van der Waals surface area contributed by atoms with E-state index in [4.69, 9.17) is 28.7 Å². The number of thiophene rings is 1. The summed E-state index contributed by atoms with van der Waals surface area (Å²) in [6.45, 7) is 16.3. The van der Waals surface area contributed by atoms with Gasteiger partial charge >= 0.3 is 12.1 Å². The number of aliphatic hydroxyl groups excluding tert-OH is 1. The molecule has 0 spiro atoms. The van der Waals surface area contributed by atoms with Crippen molar-refractivity contribution in [3.63, 3.8) is 0 Å². The van der Waals surface area contributed by atoms with Crippen LogP contribution in [0.25, 0.3) is 0 Å². The Morgan fingerprint density at radius 2 is 1.78 bits per heavy atom. The second-order valence-electron chi connectivity index (χ2n) is 17.7. The number of para-hydroxylation sites is 1. The molecule has 13 atom stereocenters. The summed E-state index contributed by atoms with van der Waals surface area (Å²) < 4.78 is 32.3. The molecule has 3 saturated heterocycles. The number of aliphatic imine (C=N–C) groups is 1. The van der Waals surface area contributed by atoms with Gasteiger partial charge in [0.2, 0.25) is 0 Å². The number of likely N-dealkylation sites (N-methyl/N-ethyl adjacent to an activating group) is 1. The van der Waals surface area contributed by atoms with Crippen molar-refractivity contribution in [3.8, 4) is 11.8 Å². The number of esters is 1. The van der Waals surface area contributed by atoms with Gasteiger partial charge in [-0.3, -0.25) is 19.5 Å². The highest BCUT2D eigenvalue weighted by Crippen LogP contribution is 2.44. The van der Waals surface area contributed by atoms with E-state index in [1.807, 2.05) is 90.0 Å². The third-order valence-electron chi connectivity index (χ3n) is 13.0. The lowest BCUT2D eigenvalue weighted by Gasteiger charge is -2.47. The number of benzene rings is 1. The molecule has 2 aromatic rings. The number of cyclic esters (lactones) is 1. The topological polar surface area (TPSA) is 148 Å². The zero-order valence-electron chi connectivity index (χ0n) is 36.8. The molecule has 1 aromatic heterocycles. The average molecular weight is 849 g/mol. The van der Waals surface area contributed by atoms with Crippen LogP contribution in [0.4, 0.5) is 10.5 Å². The van der Waals surface area contributed by atoms with Crippen LogP contribution in [0.2, 0.25) is 0 Å². The predicted octanol–water partition coefficient (Wildman–Crippen LogP) is 6.17. The predicted molar refractivity (Wildman–Crippen MR) is 231 cm³/mol. The Morgan fingerprint density at radius 3 is 2.48 bits per heavy atom. The molecule has 328 valence electrons. The molecule has 60 heavy (non-hydrogen) atoms. The van der Waals surface area contributed by atoms with Crippen LogP contribution in [0, 0.1) is 35.5 Å². The lowest BCUT2D eigenvalue weighted by atomic mass is 9.73. The molecule has 1 aromatic carbocycles. The third-order valence-corrected chi connectivity index (χ3v) is 14.0. The van der Waals surface area contributed by atoms with Crippen LogP contribution in [0.15, 0.2) is 47.5 Å². The maximum Gasteiger partial charge on any atom is 0.410 e. The summed E-state index contributed by atoms with van der Waals surface area (Å²) in [5.41, 5.74) is -0.529. The van der Waals surface area contributed by atoms with E-state index in [1.54, 1.807) is 23.2 Å².